The average molecular weight is 430 g/mol. The Balaban J connectivity index is 1.71. The van der Waals surface area contributed by atoms with Gasteiger partial charge < -0.3 is 5.32 Å². The molecule has 0 fully saturated rings. The van der Waals surface area contributed by atoms with Gasteiger partial charge in [-0.2, -0.15) is 15.3 Å². The lowest BCUT2D eigenvalue weighted by atomic mass is 9.58. The van der Waals surface area contributed by atoms with Crippen LogP contribution in [0.2, 0.25) is 0 Å². The lowest BCUT2D eigenvalue weighted by Crippen LogP contribution is -2.51. The average Bonchev–Trinajstić information content (AvgIpc) is 3.41. The summed E-state index contributed by atoms with van der Waals surface area (Å²) in [5.74, 6) is 0.235. The van der Waals surface area contributed by atoms with Crippen LogP contribution < -0.4 is 5.32 Å². The normalized spacial score (nSPS) is 25.9. The van der Waals surface area contributed by atoms with Crippen LogP contribution in [-0.4, -0.2) is 21.7 Å². The van der Waals surface area contributed by atoms with E-state index < -0.39 is 5.41 Å². The van der Waals surface area contributed by atoms with Crippen LogP contribution in [0.4, 0.5) is 0 Å². The largest absolute Gasteiger partial charge is 0.362 e. The number of nitrogens with one attached hydrogen (secondary N) is 1. The third kappa shape index (κ3) is 3.07. The first kappa shape index (κ1) is 20.9. The maximum atomic E-state index is 13.6. The number of rotatable bonds is 5. The molecule has 0 bridgehead atoms. The number of Topliss-reactive ketones (excluding diaryl/α,β-unsaturated/α-hetero) is 1. The minimum absolute atomic E-state index is 0.0616. The highest BCUT2D eigenvalue weighted by Gasteiger charge is 2.52. The van der Waals surface area contributed by atoms with Crippen LogP contribution in [0, 0.1) is 5.41 Å². The molecule has 2 aromatic rings. The number of benzene rings is 1. The fraction of sp³-hybridized carbons (Fsp3) is 0.462. The van der Waals surface area contributed by atoms with Crippen molar-refractivity contribution in [2.45, 2.75) is 71.5 Å². The summed E-state index contributed by atoms with van der Waals surface area (Å²) in [6.07, 6.45) is 6.74. The van der Waals surface area contributed by atoms with Crippen molar-refractivity contribution in [3.8, 4) is 11.3 Å². The monoisotopic (exact) mass is 429 g/mol. The molecule has 2 aliphatic heterocycles. The van der Waals surface area contributed by atoms with E-state index in [0.29, 0.717) is 6.42 Å². The van der Waals surface area contributed by atoms with E-state index >= 15 is 0 Å². The number of nitrogens with zero attached hydrogens (tertiary/aromatic N) is 4. The topological polar surface area (TPSA) is 71.6 Å². The molecular formula is C26H31N5O. The predicted molar refractivity (Wildman–Crippen MR) is 125 cm³/mol. The van der Waals surface area contributed by atoms with Crippen LogP contribution >= 0.6 is 0 Å². The van der Waals surface area contributed by atoms with Gasteiger partial charge in [0.1, 0.15) is 0 Å². The first-order valence-electron chi connectivity index (χ1n) is 11.7. The summed E-state index contributed by atoms with van der Waals surface area (Å²) in [5.41, 5.74) is 5.80. The molecule has 2 unspecified atom stereocenters. The summed E-state index contributed by atoms with van der Waals surface area (Å²) >= 11 is 0. The molecule has 2 atom stereocenters. The number of carbonyl (C=O) groups is 1. The molecule has 0 radical (unpaired) electrons. The van der Waals surface area contributed by atoms with Crippen molar-refractivity contribution < 1.29 is 4.79 Å². The molecule has 0 spiro atoms. The molecule has 1 aromatic heterocycles. The molecule has 6 nitrogen and oxygen atoms in total. The van der Waals surface area contributed by atoms with Gasteiger partial charge in [-0.25, -0.2) is 0 Å². The smallest absolute Gasteiger partial charge is 0.164 e. The van der Waals surface area contributed by atoms with Crippen LogP contribution in [0.1, 0.15) is 58.9 Å². The Labute approximate surface area is 189 Å². The second-order valence-corrected chi connectivity index (χ2v) is 9.94. The summed E-state index contributed by atoms with van der Waals surface area (Å²) in [6.45, 7) is 9.55. The van der Waals surface area contributed by atoms with Crippen molar-refractivity contribution in [3.05, 3.63) is 65.1 Å². The second kappa shape index (κ2) is 7.54. The molecule has 6 heteroatoms. The molecular weight excluding hydrogens is 398 g/mol. The summed E-state index contributed by atoms with van der Waals surface area (Å²) < 4.78 is 2.06. The summed E-state index contributed by atoms with van der Waals surface area (Å²) in [5, 5.41) is 16.8. The van der Waals surface area contributed by atoms with Gasteiger partial charge in [0.15, 0.2) is 11.9 Å². The first-order chi connectivity index (χ1) is 15.4. The number of ketones is 1. The van der Waals surface area contributed by atoms with Gasteiger partial charge in [-0.1, -0.05) is 45.9 Å². The van der Waals surface area contributed by atoms with Gasteiger partial charge in [0, 0.05) is 41.6 Å². The van der Waals surface area contributed by atoms with Crippen LogP contribution in [0.5, 0.6) is 0 Å². The van der Waals surface area contributed by atoms with Crippen molar-refractivity contribution in [2.24, 2.45) is 15.6 Å². The first-order valence-corrected chi connectivity index (χ1v) is 11.7. The quantitative estimate of drug-likeness (QED) is 0.679. The van der Waals surface area contributed by atoms with E-state index in [4.69, 9.17) is 0 Å². The summed E-state index contributed by atoms with van der Waals surface area (Å²) in [7, 11) is 0. The molecule has 0 amide bonds. The molecule has 166 valence electrons. The van der Waals surface area contributed by atoms with E-state index in [1.807, 2.05) is 12.4 Å². The third-order valence-electron chi connectivity index (χ3n) is 7.11. The van der Waals surface area contributed by atoms with Gasteiger partial charge in [0.2, 0.25) is 0 Å². The standard InChI is InChI=1S/C26H31N5O/c1-5-12-31-21(10-11-28-31)17-8-7-9-18(13-17)26(6-2)19-16-27-30-24(19)29-20-14-25(3,4)15-22(32)23(20)26/h7-11,13,16,24,29H,5-6,12,14-15H2,1-4H3. The fourth-order valence-electron chi connectivity index (χ4n) is 5.80. The van der Waals surface area contributed by atoms with E-state index in [1.54, 1.807) is 0 Å². The lowest BCUT2D eigenvalue weighted by Gasteiger charge is -2.47. The van der Waals surface area contributed by atoms with Gasteiger partial charge in [0.25, 0.3) is 0 Å². The fourth-order valence-corrected chi connectivity index (χ4v) is 5.80. The van der Waals surface area contributed by atoms with Crippen molar-refractivity contribution in [2.75, 3.05) is 0 Å². The Morgan fingerprint density at radius 2 is 2.03 bits per heavy atom. The Morgan fingerprint density at radius 3 is 2.81 bits per heavy atom. The molecule has 32 heavy (non-hydrogen) atoms. The molecule has 1 aromatic carbocycles. The molecule has 1 aliphatic carbocycles. The van der Waals surface area contributed by atoms with Gasteiger partial charge in [-0.3, -0.25) is 9.48 Å². The minimum atomic E-state index is -0.520. The van der Waals surface area contributed by atoms with Gasteiger partial charge in [0.05, 0.1) is 17.3 Å². The number of aromatic nitrogens is 2. The molecule has 5 rings (SSSR count). The van der Waals surface area contributed by atoms with Crippen molar-refractivity contribution in [3.63, 3.8) is 0 Å². The molecule has 0 saturated carbocycles. The molecule has 3 heterocycles. The van der Waals surface area contributed by atoms with E-state index in [0.717, 1.165) is 59.5 Å². The molecule has 0 saturated heterocycles. The zero-order valence-corrected chi connectivity index (χ0v) is 19.4. The number of carbonyl (C=O) groups excluding carboxylic acids is 1. The van der Waals surface area contributed by atoms with Crippen molar-refractivity contribution >= 4 is 5.78 Å². The highest BCUT2D eigenvalue weighted by molar-refractivity contribution is 6.01. The Kier molecular flexibility index (Phi) is 4.91. The Bertz CT molecular complexity index is 1170. The lowest BCUT2D eigenvalue weighted by molar-refractivity contribution is -0.119. The van der Waals surface area contributed by atoms with Crippen LogP contribution in [0.3, 0.4) is 0 Å². The second-order valence-electron chi connectivity index (χ2n) is 9.94. The van der Waals surface area contributed by atoms with Crippen molar-refractivity contribution in [1.29, 1.82) is 0 Å². The Morgan fingerprint density at radius 1 is 1.19 bits per heavy atom. The number of fused-ring (bicyclic) bond motifs is 1. The van der Waals surface area contributed by atoms with E-state index in [1.165, 1.54) is 0 Å². The molecule has 1 N–H and O–H groups in total. The van der Waals surface area contributed by atoms with Crippen LogP contribution in [-0.2, 0) is 16.8 Å². The maximum absolute atomic E-state index is 13.6. The van der Waals surface area contributed by atoms with E-state index in [-0.39, 0.29) is 17.4 Å². The summed E-state index contributed by atoms with van der Waals surface area (Å²) in [6, 6.07) is 10.7. The van der Waals surface area contributed by atoms with Gasteiger partial charge in [-0.15, -0.1) is 0 Å². The zero-order valence-electron chi connectivity index (χ0n) is 19.4. The number of hydrogen-bond donors (Lipinski definition) is 1. The Hall–Kier alpha value is -3.02. The van der Waals surface area contributed by atoms with Gasteiger partial charge >= 0.3 is 0 Å². The number of azo groups is 1. The van der Waals surface area contributed by atoms with Gasteiger partial charge in [-0.05, 0) is 42.4 Å². The zero-order chi connectivity index (χ0) is 22.5. The van der Waals surface area contributed by atoms with Crippen LogP contribution in [0.15, 0.2) is 69.8 Å². The van der Waals surface area contributed by atoms with Crippen molar-refractivity contribution in [1.82, 2.24) is 15.1 Å². The summed E-state index contributed by atoms with van der Waals surface area (Å²) in [4.78, 5) is 13.6. The van der Waals surface area contributed by atoms with E-state index in [2.05, 4.69) is 83.4 Å². The SMILES string of the molecule is CCCn1nccc1-c1cccc(C2(CC)C3=CN=NC3NC3=C2C(=O)CC(C)(C)C3)c1. The molecule has 3 aliphatic rings. The van der Waals surface area contributed by atoms with E-state index in [9.17, 15) is 4.79 Å². The highest BCUT2D eigenvalue weighted by Crippen LogP contribution is 2.53. The number of aryl methyl sites for hydroxylation is 1. The third-order valence-corrected chi connectivity index (χ3v) is 7.11. The maximum Gasteiger partial charge on any atom is 0.164 e. The number of hydrogen-bond acceptors (Lipinski definition) is 5. The minimum Gasteiger partial charge on any atom is -0.362 e. The predicted octanol–water partition coefficient (Wildman–Crippen LogP) is 5.53. The van der Waals surface area contributed by atoms with Crippen LogP contribution in [0.25, 0.3) is 11.3 Å². The highest BCUT2D eigenvalue weighted by atomic mass is 16.1. The number of allylic oxidation sites excluding steroid dienone is 2.